The molecule has 1 aromatic carbocycles. The zero-order valence-electron chi connectivity index (χ0n) is 11.0. The Labute approximate surface area is 113 Å². The van der Waals surface area contributed by atoms with Gasteiger partial charge in [-0.1, -0.05) is 13.0 Å². The van der Waals surface area contributed by atoms with Gasteiger partial charge in [0.1, 0.15) is 10.7 Å². The van der Waals surface area contributed by atoms with Gasteiger partial charge in [-0.3, -0.25) is 0 Å². The molecular formula is C13H19FN2O2S. The molecule has 6 heteroatoms. The lowest BCUT2D eigenvalue weighted by Crippen LogP contribution is -2.34. The van der Waals surface area contributed by atoms with Gasteiger partial charge < -0.3 is 5.73 Å². The molecule has 0 amide bonds. The molecule has 0 saturated heterocycles. The highest BCUT2D eigenvalue weighted by Crippen LogP contribution is 2.33. The Morgan fingerprint density at radius 2 is 2.11 bits per heavy atom. The SMILES string of the molecule is CCCN(C1CC1)S(=O)(=O)c1cc(CN)ccc1F. The third kappa shape index (κ3) is 2.96. The molecule has 2 N–H and O–H groups in total. The van der Waals surface area contributed by atoms with E-state index in [0.717, 1.165) is 12.8 Å². The van der Waals surface area contributed by atoms with Crippen molar-refractivity contribution in [2.24, 2.45) is 5.73 Å². The molecule has 0 aliphatic heterocycles. The molecule has 1 aliphatic rings. The lowest BCUT2D eigenvalue weighted by atomic mass is 10.2. The van der Waals surface area contributed by atoms with E-state index in [1.807, 2.05) is 6.92 Å². The first-order valence-corrected chi connectivity index (χ1v) is 7.95. The number of halogens is 1. The fraction of sp³-hybridized carbons (Fsp3) is 0.538. The van der Waals surface area contributed by atoms with Crippen LogP contribution in [-0.2, 0) is 16.6 Å². The summed E-state index contributed by atoms with van der Waals surface area (Å²) in [4.78, 5) is -0.254. The fourth-order valence-corrected chi connectivity index (χ4v) is 3.97. The van der Waals surface area contributed by atoms with Crippen molar-refractivity contribution in [3.63, 3.8) is 0 Å². The second-order valence-electron chi connectivity index (χ2n) is 4.82. The van der Waals surface area contributed by atoms with Crippen molar-refractivity contribution >= 4 is 10.0 Å². The van der Waals surface area contributed by atoms with Gasteiger partial charge in [-0.2, -0.15) is 4.31 Å². The first-order valence-electron chi connectivity index (χ1n) is 6.51. The van der Waals surface area contributed by atoms with Gasteiger partial charge in [-0.25, -0.2) is 12.8 Å². The van der Waals surface area contributed by atoms with E-state index in [0.29, 0.717) is 18.5 Å². The average molecular weight is 286 g/mol. The summed E-state index contributed by atoms with van der Waals surface area (Å²) in [6, 6.07) is 4.06. The van der Waals surface area contributed by atoms with E-state index in [1.54, 1.807) is 0 Å². The van der Waals surface area contributed by atoms with Crippen LogP contribution >= 0.6 is 0 Å². The van der Waals surface area contributed by atoms with Gasteiger partial charge in [0.25, 0.3) is 0 Å². The van der Waals surface area contributed by atoms with Gasteiger partial charge in [-0.15, -0.1) is 0 Å². The van der Waals surface area contributed by atoms with Crippen molar-refractivity contribution in [2.45, 2.75) is 43.7 Å². The molecule has 0 unspecified atom stereocenters. The number of hydrogen-bond donors (Lipinski definition) is 1. The summed E-state index contributed by atoms with van der Waals surface area (Å²) in [5, 5.41) is 0. The topological polar surface area (TPSA) is 63.4 Å². The molecule has 1 aliphatic carbocycles. The highest BCUT2D eigenvalue weighted by atomic mass is 32.2. The Hall–Kier alpha value is -0.980. The van der Waals surface area contributed by atoms with Crippen LogP contribution in [0.3, 0.4) is 0 Å². The van der Waals surface area contributed by atoms with Crippen molar-refractivity contribution < 1.29 is 12.8 Å². The van der Waals surface area contributed by atoms with Crippen LogP contribution in [0.15, 0.2) is 23.1 Å². The van der Waals surface area contributed by atoms with E-state index < -0.39 is 15.8 Å². The molecular weight excluding hydrogens is 267 g/mol. The molecule has 4 nitrogen and oxygen atoms in total. The molecule has 1 aromatic rings. The molecule has 0 heterocycles. The third-order valence-corrected chi connectivity index (χ3v) is 5.18. The Bertz CT molecular complexity index is 556. The highest BCUT2D eigenvalue weighted by molar-refractivity contribution is 7.89. The van der Waals surface area contributed by atoms with Crippen LogP contribution < -0.4 is 5.73 Å². The summed E-state index contributed by atoms with van der Waals surface area (Å²) < 4.78 is 40.3. The van der Waals surface area contributed by atoms with E-state index in [9.17, 15) is 12.8 Å². The van der Waals surface area contributed by atoms with Gasteiger partial charge in [0, 0.05) is 19.1 Å². The van der Waals surface area contributed by atoms with Gasteiger partial charge in [-0.05, 0) is 37.0 Å². The number of sulfonamides is 1. The minimum Gasteiger partial charge on any atom is -0.326 e. The Morgan fingerprint density at radius 3 is 2.63 bits per heavy atom. The van der Waals surface area contributed by atoms with Crippen LogP contribution in [0.2, 0.25) is 0 Å². The Balaban J connectivity index is 2.42. The Morgan fingerprint density at radius 1 is 1.42 bits per heavy atom. The van der Waals surface area contributed by atoms with Crippen molar-refractivity contribution in [3.8, 4) is 0 Å². The van der Waals surface area contributed by atoms with E-state index >= 15 is 0 Å². The highest BCUT2D eigenvalue weighted by Gasteiger charge is 2.38. The lowest BCUT2D eigenvalue weighted by Gasteiger charge is -2.21. The summed E-state index contributed by atoms with van der Waals surface area (Å²) in [7, 11) is -3.76. The van der Waals surface area contributed by atoms with Crippen molar-refractivity contribution in [1.29, 1.82) is 0 Å². The first-order chi connectivity index (χ1) is 9.00. The normalized spacial score (nSPS) is 16.0. The quantitative estimate of drug-likeness (QED) is 0.868. The summed E-state index contributed by atoms with van der Waals surface area (Å²) in [5.74, 6) is -0.709. The fourth-order valence-electron chi connectivity index (χ4n) is 2.08. The molecule has 0 radical (unpaired) electrons. The minimum absolute atomic E-state index is 0.0332. The van der Waals surface area contributed by atoms with Crippen molar-refractivity contribution in [3.05, 3.63) is 29.6 Å². The first kappa shape index (κ1) is 14.4. The van der Waals surface area contributed by atoms with Gasteiger partial charge in [0.2, 0.25) is 10.0 Å². The van der Waals surface area contributed by atoms with E-state index in [1.165, 1.54) is 22.5 Å². The zero-order valence-corrected chi connectivity index (χ0v) is 11.8. The van der Waals surface area contributed by atoms with Crippen LogP contribution in [0.5, 0.6) is 0 Å². The third-order valence-electron chi connectivity index (χ3n) is 3.22. The second kappa shape index (κ2) is 5.56. The zero-order chi connectivity index (χ0) is 14.0. The van der Waals surface area contributed by atoms with Crippen molar-refractivity contribution in [2.75, 3.05) is 6.54 Å². The summed E-state index contributed by atoms with van der Waals surface area (Å²) in [5.41, 5.74) is 6.11. The summed E-state index contributed by atoms with van der Waals surface area (Å²) in [6.45, 7) is 2.54. The van der Waals surface area contributed by atoms with Crippen LogP contribution in [0.4, 0.5) is 4.39 Å². The van der Waals surface area contributed by atoms with E-state index in [2.05, 4.69) is 0 Å². The van der Waals surface area contributed by atoms with Crippen LogP contribution in [0, 0.1) is 5.82 Å². The largest absolute Gasteiger partial charge is 0.326 e. The number of rotatable bonds is 6. The molecule has 0 bridgehead atoms. The van der Waals surface area contributed by atoms with Crippen LogP contribution in [0.25, 0.3) is 0 Å². The standard InChI is InChI=1S/C13H19FN2O2S/c1-2-7-16(11-4-5-11)19(17,18)13-8-10(9-15)3-6-12(13)14/h3,6,8,11H,2,4-5,7,9,15H2,1H3. The molecule has 106 valence electrons. The minimum atomic E-state index is -3.76. The van der Waals surface area contributed by atoms with E-state index in [4.69, 9.17) is 5.73 Å². The molecule has 0 aromatic heterocycles. The predicted molar refractivity (Wildman–Crippen MR) is 71.5 cm³/mol. The molecule has 0 spiro atoms. The molecule has 0 atom stereocenters. The van der Waals surface area contributed by atoms with Gasteiger partial charge >= 0.3 is 0 Å². The smallest absolute Gasteiger partial charge is 0.246 e. The van der Waals surface area contributed by atoms with Gasteiger partial charge in [0.05, 0.1) is 0 Å². The summed E-state index contributed by atoms with van der Waals surface area (Å²) in [6.07, 6.45) is 2.43. The monoisotopic (exact) mass is 286 g/mol. The number of hydrogen-bond acceptors (Lipinski definition) is 3. The maximum absolute atomic E-state index is 13.8. The molecule has 19 heavy (non-hydrogen) atoms. The maximum Gasteiger partial charge on any atom is 0.246 e. The average Bonchev–Trinajstić information content (AvgIpc) is 3.20. The maximum atomic E-state index is 13.8. The van der Waals surface area contributed by atoms with Crippen LogP contribution in [0.1, 0.15) is 31.7 Å². The molecule has 1 saturated carbocycles. The number of nitrogens with zero attached hydrogens (tertiary/aromatic N) is 1. The predicted octanol–water partition coefficient (Wildman–Crippen LogP) is 1.85. The number of benzene rings is 1. The van der Waals surface area contributed by atoms with E-state index in [-0.39, 0.29) is 17.5 Å². The van der Waals surface area contributed by atoms with Crippen LogP contribution in [-0.4, -0.2) is 25.3 Å². The van der Waals surface area contributed by atoms with Crippen molar-refractivity contribution in [1.82, 2.24) is 4.31 Å². The Kier molecular flexibility index (Phi) is 4.23. The summed E-state index contributed by atoms with van der Waals surface area (Å²) >= 11 is 0. The lowest BCUT2D eigenvalue weighted by molar-refractivity contribution is 0.400. The molecule has 1 fully saturated rings. The molecule has 2 rings (SSSR count). The van der Waals surface area contributed by atoms with Gasteiger partial charge in [0.15, 0.2) is 0 Å². The second-order valence-corrected chi connectivity index (χ2v) is 6.67. The number of nitrogens with two attached hydrogens (primary N) is 1.